The lowest BCUT2D eigenvalue weighted by atomic mass is 9.64. The fraction of sp³-hybridized carbons (Fsp3) is 0.960. The fourth-order valence-corrected chi connectivity index (χ4v) is 6.18. The van der Waals surface area contributed by atoms with Crippen LogP contribution in [0.4, 0.5) is 0 Å². The predicted octanol–water partition coefficient (Wildman–Crippen LogP) is 2.23. The number of hydrogen-bond donors (Lipinski definition) is 0. The van der Waals surface area contributed by atoms with Gasteiger partial charge in [0.2, 0.25) is 0 Å². The third-order valence-electron chi connectivity index (χ3n) is 8.09. The van der Waals surface area contributed by atoms with Gasteiger partial charge in [-0.3, -0.25) is 0 Å². The second kappa shape index (κ2) is 11.5. The van der Waals surface area contributed by atoms with Crippen molar-refractivity contribution in [3.8, 4) is 0 Å². The van der Waals surface area contributed by atoms with Gasteiger partial charge in [-0.2, -0.15) is 5.12 Å². The molecule has 0 aromatic carbocycles. The Kier molecular flexibility index (Phi) is 8.88. The predicted molar refractivity (Wildman–Crippen MR) is 132 cm³/mol. The molecule has 0 spiro atoms. The molecule has 5 aliphatic rings. The first-order valence-electron chi connectivity index (χ1n) is 13.5. The second-order valence-electron chi connectivity index (χ2n) is 10.7. The molecule has 0 radical (unpaired) electrons. The Bertz CT molecular complexity index is 658. The Labute approximate surface area is 206 Å². The molecule has 9 nitrogen and oxygen atoms in total. The van der Waals surface area contributed by atoms with Gasteiger partial charge in [0.15, 0.2) is 0 Å². The van der Waals surface area contributed by atoms with E-state index in [-0.39, 0.29) is 11.6 Å². The summed E-state index contributed by atoms with van der Waals surface area (Å²) in [5, 5.41) is 12.3. The van der Waals surface area contributed by atoms with Crippen molar-refractivity contribution in [3.63, 3.8) is 0 Å². The Morgan fingerprint density at radius 3 is 2.09 bits per heavy atom. The normalized spacial score (nSPS) is 33.8. The van der Waals surface area contributed by atoms with Gasteiger partial charge in [-0.1, -0.05) is 19.0 Å². The van der Waals surface area contributed by atoms with E-state index in [0.29, 0.717) is 12.5 Å². The first kappa shape index (κ1) is 26.3. The summed E-state index contributed by atoms with van der Waals surface area (Å²) < 4.78 is 18.1. The van der Waals surface area contributed by atoms with Crippen molar-refractivity contribution in [1.29, 1.82) is 0 Å². The van der Waals surface area contributed by atoms with Gasteiger partial charge >= 0.3 is 0 Å². The van der Waals surface area contributed by atoms with Gasteiger partial charge in [-0.15, -0.1) is 0 Å². The van der Waals surface area contributed by atoms with Crippen LogP contribution in [0.3, 0.4) is 0 Å². The van der Waals surface area contributed by atoms with Gasteiger partial charge < -0.3 is 23.9 Å². The molecule has 1 aliphatic carbocycles. The van der Waals surface area contributed by atoms with Gasteiger partial charge in [0.1, 0.15) is 17.9 Å². The molecule has 0 aromatic heterocycles. The molecule has 3 atom stereocenters. The molecule has 4 aliphatic heterocycles. The first-order chi connectivity index (χ1) is 16.4. The van der Waals surface area contributed by atoms with Crippen LogP contribution in [-0.2, 0) is 19.0 Å². The van der Waals surface area contributed by atoms with E-state index >= 15 is 0 Å². The van der Waals surface area contributed by atoms with Gasteiger partial charge in [0, 0.05) is 38.6 Å². The van der Waals surface area contributed by atoms with E-state index in [2.05, 4.69) is 54.7 Å². The molecule has 2 bridgehead atoms. The van der Waals surface area contributed by atoms with Crippen LogP contribution in [-0.4, -0.2) is 122 Å². The summed E-state index contributed by atoms with van der Waals surface area (Å²) in [6.07, 6.45) is 3.09. The summed E-state index contributed by atoms with van der Waals surface area (Å²) in [7, 11) is 0. The van der Waals surface area contributed by atoms with Crippen LogP contribution >= 0.6 is 0 Å². The van der Waals surface area contributed by atoms with Crippen LogP contribution in [0.25, 0.3) is 0 Å². The third kappa shape index (κ3) is 5.61. The van der Waals surface area contributed by atoms with Crippen molar-refractivity contribution in [2.75, 3.05) is 78.8 Å². The molecule has 0 aromatic rings. The highest BCUT2D eigenvalue weighted by molar-refractivity contribution is 5.98. The topological polar surface area (TPSA) is 62.2 Å². The van der Waals surface area contributed by atoms with E-state index in [1.165, 1.54) is 0 Å². The van der Waals surface area contributed by atoms with Crippen LogP contribution in [0.15, 0.2) is 5.16 Å². The van der Waals surface area contributed by atoms with Gasteiger partial charge in [-0.25, -0.2) is 10.0 Å². The van der Waals surface area contributed by atoms with Crippen LogP contribution in [0.2, 0.25) is 0 Å². The molecular formula is C25H47N5O4. The van der Waals surface area contributed by atoms with Crippen molar-refractivity contribution in [2.24, 2.45) is 11.1 Å². The third-order valence-corrected chi connectivity index (χ3v) is 8.09. The average molecular weight is 482 g/mol. The minimum Gasteiger partial charge on any atom is -0.396 e. The summed E-state index contributed by atoms with van der Waals surface area (Å²) in [5.74, 6) is 0.332. The van der Waals surface area contributed by atoms with E-state index in [1.54, 1.807) is 0 Å². The standard InChI is InChI=1S/C25H47N5O4/c1-6-27(7-2)11-8-16-33-26-23-22(21-9-10-25(23,5)34-24(21,3)4)30(28-12-17-31-18-13-28)29-14-19-32-20-15-29/h21-22H,6-20H2,1-5H3/b26-23-/t21-,22-,25+/m1/s1. The summed E-state index contributed by atoms with van der Waals surface area (Å²) in [6, 6.07) is 0.112. The lowest BCUT2D eigenvalue weighted by molar-refractivity contribution is -0.280. The number of nitrogens with zero attached hydrogens (tertiary/aromatic N) is 5. The van der Waals surface area contributed by atoms with Crippen LogP contribution < -0.4 is 0 Å². The van der Waals surface area contributed by atoms with E-state index in [9.17, 15) is 0 Å². The van der Waals surface area contributed by atoms with Crippen molar-refractivity contribution >= 4 is 5.71 Å². The molecule has 4 saturated heterocycles. The molecule has 5 rings (SSSR count). The number of rotatable bonds is 10. The van der Waals surface area contributed by atoms with Crippen molar-refractivity contribution < 1.29 is 19.0 Å². The fourth-order valence-electron chi connectivity index (χ4n) is 6.18. The maximum absolute atomic E-state index is 6.73. The Hall–Kier alpha value is -0.810. The number of oxime groups is 1. The maximum Gasteiger partial charge on any atom is 0.118 e. The number of morpholine rings is 2. The molecule has 34 heavy (non-hydrogen) atoms. The number of hydrazine groups is 2. The Balaban J connectivity index is 1.59. The minimum absolute atomic E-state index is 0.112. The zero-order valence-corrected chi connectivity index (χ0v) is 22.1. The molecule has 4 heterocycles. The summed E-state index contributed by atoms with van der Waals surface area (Å²) in [6.45, 7) is 21.5. The van der Waals surface area contributed by atoms with E-state index in [4.69, 9.17) is 24.2 Å². The van der Waals surface area contributed by atoms with E-state index in [1.807, 2.05) is 0 Å². The highest BCUT2D eigenvalue weighted by atomic mass is 16.6. The van der Waals surface area contributed by atoms with Crippen LogP contribution in [0.5, 0.6) is 0 Å². The Morgan fingerprint density at radius 2 is 1.56 bits per heavy atom. The Morgan fingerprint density at radius 1 is 0.971 bits per heavy atom. The van der Waals surface area contributed by atoms with Crippen LogP contribution in [0, 0.1) is 5.92 Å². The van der Waals surface area contributed by atoms with Gasteiger partial charge in [-0.05, 0) is 53.1 Å². The quantitative estimate of drug-likeness (QED) is 0.348. The zero-order chi connectivity index (χ0) is 24.2. The largest absolute Gasteiger partial charge is 0.396 e. The molecule has 9 heteroatoms. The highest BCUT2D eigenvalue weighted by Crippen LogP contribution is 2.50. The first-order valence-corrected chi connectivity index (χ1v) is 13.5. The monoisotopic (exact) mass is 481 g/mol. The second-order valence-corrected chi connectivity index (χ2v) is 10.7. The minimum atomic E-state index is -0.418. The van der Waals surface area contributed by atoms with Gasteiger partial charge in [0.25, 0.3) is 0 Å². The number of fused-ring (bicyclic) bond motifs is 3. The van der Waals surface area contributed by atoms with Gasteiger partial charge in [0.05, 0.1) is 38.1 Å². The molecule has 5 fully saturated rings. The molecule has 0 amide bonds. The maximum atomic E-state index is 6.73. The summed E-state index contributed by atoms with van der Waals surface area (Å²) in [4.78, 5) is 8.45. The molecule has 0 unspecified atom stereocenters. The van der Waals surface area contributed by atoms with E-state index in [0.717, 1.165) is 97.2 Å². The van der Waals surface area contributed by atoms with Crippen LogP contribution in [0.1, 0.15) is 53.9 Å². The average Bonchev–Trinajstić information content (AvgIpc) is 2.83. The number of hydrogen-bond acceptors (Lipinski definition) is 9. The molecular weight excluding hydrogens is 434 g/mol. The molecule has 1 saturated carbocycles. The van der Waals surface area contributed by atoms with Crippen molar-refractivity contribution in [2.45, 2.75) is 71.1 Å². The molecule has 0 N–H and O–H groups in total. The summed E-state index contributed by atoms with van der Waals surface area (Å²) in [5.41, 5.74) is 0.401. The summed E-state index contributed by atoms with van der Waals surface area (Å²) >= 11 is 0. The number of ether oxygens (including phenoxy) is 3. The smallest absolute Gasteiger partial charge is 0.118 e. The lowest BCUT2D eigenvalue weighted by Gasteiger charge is -2.62. The van der Waals surface area contributed by atoms with E-state index < -0.39 is 5.60 Å². The highest BCUT2D eigenvalue weighted by Gasteiger charge is 2.61. The van der Waals surface area contributed by atoms with Crippen molar-refractivity contribution in [3.05, 3.63) is 0 Å². The lowest BCUT2D eigenvalue weighted by Crippen LogP contribution is -2.75. The van der Waals surface area contributed by atoms with Crippen molar-refractivity contribution in [1.82, 2.24) is 20.0 Å². The molecule has 196 valence electrons. The SMILES string of the molecule is CCN(CC)CCCO/N=C1/[C@H](N(N2CCOCC2)N2CCOCC2)[C@H]2CC[C@]1(C)OC2(C)C. The zero-order valence-electron chi connectivity index (χ0n) is 22.1.